The second kappa shape index (κ2) is 4.23. The van der Waals surface area contributed by atoms with Gasteiger partial charge in [0.15, 0.2) is 0 Å². The van der Waals surface area contributed by atoms with E-state index in [1.54, 1.807) is 31.2 Å². The Hall–Kier alpha value is -1.09. The predicted octanol–water partition coefficient (Wildman–Crippen LogP) is 1.62. The molecule has 2 nitrogen and oxygen atoms in total. The van der Waals surface area contributed by atoms with Crippen molar-refractivity contribution < 1.29 is 9.50 Å². The summed E-state index contributed by atoms with van der Waals surface area (Å²) in [4.78, 5) is 0. The van der Waals surface area contributed by atoms with Gasteiger partial charge in [-0.05, 0) is 24.6 Å². The topological polar surface area (TPSA) is 46.2 Å². The van der Waals surface area contributed by atoms with Crippen LogP contribution in [0.5, 0.6) is 5.75 Å². The highest BCUT2D eigenvalue weighted by Crippen LogP contribution is 2.13. The Bertz CT molecular complexity index is 258. The summed E-state index contributed by atoms with van der Waals surface area (Å²) in [6.45, 7) is 1.64. The smallest absolute Gasteiger partial charge is 0.119 e. The van der Waals surface area contributed by atoms with Crippen LogP contribution in [0.3, 0.4) is 0 Å². The lowest BCUT2D eigenvalue weighted by Crippen LogP contribution is -2.29. The van der Waals surface area contributed by atoms with E-state index in [1.807, 2.05) is 0 Å². The molecule has 0 spiro atoms. The number of alkyl halides is 1. The zero-order valence-electron chi connectivity index (χ0n) is 7.57. The summed E-state index contributed by atoms with van der Waals surface area (Å²) >= 11 is 0. The first kappa shape index (κ1) is 9.99. The molecular formula is C10H14FNO. The number of halogens is 1. The first-order valence-corrected chi connectivity index (χ1v) is 4.27. The third kappa shape index (κ3) is 3.03. The molecule has 0 aliphatic heterocycles. The molecule has 3 N–H and O–H groups in total. The van der Waals surface area contributed by atoms with Crippen LogP contribution in [-0.4, -0.2) is 17.3 Å². The van der Waals surface area contributed by atoms with E-state index in [0.717, 1.165) is 5.56 Å². The highest BCUT2D eigenvalue weighted by Gasteiger charge is 2.12. The van der Waals surface area contributed by atoms with Crippen molar-refractivity contribution in [3.8, 4) is 5.75 Å². The highest BCUT2D eigenvalue weighted by molar-refractivity contribution is 5.26. The van der Waals surface area contributed by atoms with E-state index in [2.05, 4.69) is 0 Å². The predicted molar refractivity (Wildman–Crippen MR) is 50.4 cm³/mol. The number of hydrogen-bond donors (Lipinski definition) is 2. The summed E-state index contributed by atoms with van der Waals surface area (Å²) in [5.41, 5.74) is 6.24. The SMILES string of the molecule is CC(N)C(F)Cc1ccc(O)cc1. The van der Waals surface area contributed by atoms with E-state index in [0.29, 0.717) is 6.42 Å². The third-order valence-corrected chi connectivity index (χ3v) is 1.94. The van der Waals surface area contributed by atoms with Crippen molar-refractivity contribution in [3.05, 3.63) is 29.8 Å². The number of rotatable bonds is 3. The van der Waals surface area contributed by atoms with E-state index in [1.165, 1.54) is 0 Å². The molecule has 0 amide bonds. The van der Waals surface area contributed by atoms with Crippen molar-refractivity contribution >= 4 is 0 Å². The summed E-state index contributed by atoms with van der Waals surface area (Å²) in [5.74, 6) is 0.194. The fourth-order valence-corrected chi connectivity index (χ4v) is 1.04. The summed E-state index contributed by atoms with van der Waals surface area (Å²) in [7, 11) is 0. The molecule has 1 aromatic rings. The minimum absolute atomic E-state index is 0.194. The van der Waals surface area contributed by atoms with Crippen LogP contribution < -0.4 is 5.73 Å². The van der Waals surface area contributed by atoms with Crippen LogP contribution in [-0.2, 0) is 6.42 Å². The maximum atomic E-state index is 13.1. The lowest BCUT2D eigenvalue weighted by atomic mass is 10.0. The number of phenolic OH excluding ortho intramolecular Hbond substituents is 1. The molecule has 1 aromatic carbocycles. The first-order chi connectivity index (χ1) is 6.09. The Labute approximate surface area is 77.2 Å². The lowest BCUT2D eigenvalue weighted by Gasteiger charge is -2.11. The van der Waals surface area contributed by atoms with Gasteiger partial charge in [-0.2, -0.15) is 0 Å². The van der Waals surface area contributed by atoms with Crippen molar-refractivity contribution in [2.45, 2.75) is 25.6 Å². The Balaban J connectivity index is 2.59. The highest BCUT2D eigenvalue weighted by atomic mass is 19.1. The number of phenols is 1. The molecular weight excluding hydrogens is 169 g/mol. The molecule has 0 bridgehead atoms. The zero-order chi connectivity index (χ0) is 9.84. The van der Waals surface area contributed by atoms with Gasteiger partial charge in [-0.3, -0.25) is 0 Å². The van der Waals surface area contributed by atoms with Crippen LogP contribution in [0.2, 0.25) is 0 Å². The Morgan fingerprint density at radius 2 is 1.92 bits per heavy atom. The van der Waals surface area contributed by atoms with Crippen molar-refractivity contribution in [2.75, 3.05) is 0 Å². The lowest BCUT2D eigenvalue weighted by molar-refractivity contribution is 0.290. The fourth-order valence-electron chi connectivity index (χ4n) is 1.04. The first-order valence-electron chi connectivity index (χ1n) is 4.27. The number of hydrogen-bond acceptors (Lipinski definition) is 2. The molecule has 2 unspecified atom stereocenters. The van der Waals surface area contributed by atoms with Crippen LogP contribution >= 0.6 is 0 Å². The molecule has 0 aliphatic rings. The quantitative estimate of drug-likeness (QED) is 0.748. The third-order valence-electron chi connectivity index (χ3n) is 1.94. The molecule has 0 heterocycles. The van der Waals surface area contributed by atoms with Crippen LogP contribution in [0.15, 0.2) is 24.3 Å². The largest absolute Gasteiger partial charge is 0.508 e. The van der Waals surface area contributed by atoms with E-state index in [-0.39, 0.29) is 5.75 Å². The van der Waals surface area contributed by atoms with Crippen molar-refractivity contribution in [1.29, 1.82) is 0 Å². The average molecular weight is 183 g/mol. The molecule has 0 radical (unpaired) electrons. The van der Waals surface area contributed by atoms with E-state index in [4.69, 9.17) is 10.8 Å². The van der Waals surface area contributed by atoms with Crippen LogP contribution in [0.25, 0.3) is 0 Å². The monoisotopic (exact) mass is 183 g/mol. The number of aromatic hydroxyl groups is 1. The molecule has 2 atom stereocenters. The summed E-state index contributed by atoms with van der Waals surface area (Å²) in [6.07, 6.45) is -0.720. The Kier molecular flexibility index (Phi) is 3.25. The van der Waals surface area contributed by atoms with Gasteiger partial charge in [0.1, 0.15) is 11.9 Å². The fraction of sp³-hybridized carbons (Fsp3) is 0.400. The van der Waals surface area contributed by atoms with Gasteiger partial charge < -0.3 is 10.8 Å². The number of nitrogens with two attached hydrogens (primary N) is 1. The van der Waals surface area contributed by atoms with Gasteiger partial charge >= 0.3 is 0 Å². The molecule has 13 heavy (non-hydrogen) atoms. The Morgan fingerprint density at radius 1 is 1.38 bits per heavy atom. The minimum Gasteiger partial charge on any atom is -0.508 e. The zero-order valence-corrected chi connectivity index (χ0v) is 7.57. The molecule has 0 saturated carbocycles. The van der Waals surface area contributed by atoms with E-state index >= 15 is 0 Å². The summed E-state index contributed by atoms with van der Waals surface area (Å²) in [5, 5.41) is 8.98. The molecule has 1 rings (SSSR count). The summed E-state index contributed by atoms with van der Waals surface area (Å²) in [6, 6.07) is 6.04. The van der Waals surface area contributed by atoms with Crippen LogP contribution in [0.4, 0.5) is 4.39 Å². The second-order valence-corrected chi connectivity index (χ2v) is 3.25. The molecule has 0 aliphatic carbocycles. The van der Waals surface area contributed by atoms with E-state index in [9.17, 15) is 4.39 Å². The van der Waals surface area contributed by atoms with Gasteiger partial charge in [-0.25, -0.2) is 4.39 Å². The average Bonchev–Trinajstić information content (AvgIpc) is 2.08. The van der Waals surface area contributed by atoms with Gasteiger partial charge in [0, 0.05) is 12.5 Å². The van der Waals surface area contributed by atoms with Gasteiger partial charge in [0.25, 0.3) is 0 Å². The molecule has 0 aromatic heterocycles. The van der Waals surface area contributed by atoms with Gasteiger partial charge in [0.05, 0.1) is 0 Å². The standard InChI is InChI=1S/C10H14FNO/c1-7(12)10(11)6-8-2-4-9(13)5-3-8/h2-5,7,10,13H,6,12H2,1H3. The molecule has 0 saturated heterocycles. The van der Waals surface area contributed by atoms with Crippen LogP contribution in [0, 0.1) is 0 Å². The molecule has 0 fully saturated rings. The normalized spacial score (nSPS) is 15.3. The van der Waals surface area contributed by atoms with Gasteiger partial charge in [0.2, 0.25) is 0 Å². The second-order valence-electron chi connectivity index (χ2n) is 3.25. The summed E-state index contributed by atoms with van der Waals surface area (Å²) < 4.78 is 13.1. The van der Waals surface area contributed by atoms with Crippen molar-refractivity contribution in [1.82, 2.24) is 0 Å². The van der Waals surface area contributed by atoms with Crippen molar-refractivity contribution in [2.24, 2.45) is 5.73 Å². The molecule has 72 valence electrons. The maximum Gasteiger partial charge on any atom is 0.119 e. The van der Waals surface area contributed by atoms with E-state index < -0.39 is 12.2 Å². The minimum atomic E-state index is -1.02. The van der Waals surface area contributed by atoms with Crippen LogP contribution in [0.1, 0.15) is 12.5 Å². The van der Waals surface area contributed by atoms with Gasteiger partial charge in [-0.1, -0.05) is 12.1 Å². The number of benzene rings is 1. The van der Waals surface area contributed by atoms with Gasteiger partial charge in [-0.15, -0.1) is 0 Å². The van der Waals surface area contributed by atoms with Crippen molar-refractivity contribution in [3.63, 3.8) is 0 Å². The Morgan fingerprint density at radius 3 is 2.38 bits per heavy atom. The molecule has 3 heteroatoms. The maximum absolute atomic E-state index is 13.1.